The lowest BCUT2D eigenvalue weighted by Gasteiger charge is -2.21. The molecule has 0 radical (unpaired) electrons. The minimum atomic E-state index is -0.500. The van der Waals surface area contributed by atoms with Gasteiger partial charge in [0.1, 0.15) is 0 Å². The van der Waals surface area contributed by atoms with Crippen LogP contribution in [0.2, 0.25) is 0 Å². The van der Waals surface area contributed by atoms with Crippen LogP contribution in [0.1, 0.15) is 5.56 Å². The Kier molecular flexibility index (Phi) is 3.64. The van der Waals surface area contributed by atoms with Gasteiger partial charge in [-0.2, -0.15) is 0 Å². The molecule has 0 aliphatic heterocycles. The molecular formula is C8H10N5O3-. The molecule has 5 N–H and O–H groups in total. The highest BCUT2D eigenvalue weighted by molar-refractivity contribution is 5.81. The summed E-state index contributed by atoms with van der Waals surface area (Å²) in [6.07, 6.45) is 1.15. The van der Waals surface area contributed by atoms with Crippen molar-refractivity contribution in [2.75, 3.05) is 5.23 Å². The zero-order chi connectivity index (χ0) is 12.1. The molecule has 0 bridgehead atoms. The van der Waals surface area contributed by atoms with Crippen molar-refractivity contribution < 1.29 is 10.1 Å². The summed E-state index contributed by atoms with van der Waals surface area (Å²) in [4.78, 5) is 0.0284. The molecule has 0 spiro atoms. The van der Waals surface area contributed by atoms with Gasteiger partial charge in [-0.15, -0.1) is 9.95 Å². The summed E-state index contributed by atoms with van der Waals surface area (Å²) >= 11 is 0. The molecule has 0 atom stereocenters. The lowest BCUT2D eigenvalue weighted by atomic mass is 10.2. The number of hydrazone groups is 1. The number of nitrogens with two attached hydrogens (primary N) is 2. The number of benzene rings is 1. The van der Waals surface area contributed by atoms with E-state index < -0.39 is 5.96 Å². The standard InChI is InChI=1S/C8H10N5O3/c9-8(10)12(14)11-5-6-2-1-3-7(4-6)13(15)16/h1-5,15H,9-10H2/q-1/b11-5-. The molecule has 0 saturated heterocycles. The number of nitrogens with zero attached hydrogens (tertiary/aromatic N) is 3. The maximum Gasteiger partial charge on any atom is 0.366 e. The highest BCUT2D eigenvalue weighted by atomic mass is 16.8. The first-order valence-corrected chi connectivity index (χ1v) is 4.16. The Morgan fingerprint density at radius 1 is 1.50 bits per heavy atom. The van der Waals surface area contributed by atoms with E-state index in [1.807, 2.05) is 0 Å². The lowest BCUT2D eigenvalue weighted by molar-refractivity contribution is -0.463. The summed E-state index contributed by atoms with van der Waals surface area (Å²) in [5.41, 5.74) is 10.4. The van der Waals surface area contributed by atoms with E-state index >= 15 is 0 Å². The zero-order valence-electron chi connectivity index (χ0n) is 8.15. The van der Waals surface area contributed by atoms with Gasteiger partial charge in [0.05, 0.1) is 11.9 Å². The SMILES string of the molecule is NC(N)=[N+]([O-])/N=C\c1cccc(N([O-])O)c1. The Morgan fingerprint density at radius 2 is 2.19 bits per heavy atom. The van der Waals surface area contributed by atoms with E-state index in [0.29, 0.717) is 5.56 Å². The minimum absolute atomic E-state index is 0.0195. The van der Waals surface area contributed by atoms with Crippen molar-refractivity contribution in [1.29, 1.82) is 0 Å². The molecule has 8 nitrogen and oxygen atoms in total. The van der Waals surface area contributed by atoms with Crippen LogP contribution in [0.3, 0.4) is 0 Å². The summed E-state index contributed by atoms with van der Waals surface area (Å²) in [5, 5.41) is 33.1. The number of hydrogen-bond donors (Lipinski definition) is 3. The second-order valence-electron chi connectivity index (χ2n) is 2.81. The van der Waals surface area contributed by atoms with Crippen molar-refractivity contribution in [3.63, 3.8) is 0 Å². The van der Waals surface area contributed by atoms with Crippen LogP contribution >= 0.6 is 0 Å². The van der Waals surface area contributed by atoms with E-state index in [1.54, 1.807) is 6.07 Å². The molecule has 86 valence electrons. The molecule has 0 heterocycles. The van der Waals surface area contributed by atoms with Gasteiger partial charge in [-0.1, -0.05) is 12.1 Å². The molecule has 0 aliphatic rings. The fraction of sp³-hybridized carbons (Fsp3) is 0. The van der Waals surface area contributed by atoms with Gasteiger partial charge < -0.3 is 15.6 Å². The molecule has 0 fully saturated rings. The van der Waals surface area contributed by atoms with Gasteiger partial charge in [-0.05, 0) is 17.7 Å². The van der Waals surface area contributed by atoms with Crippen molar-refractivity contribution in [2.24, 2.45) is 16.6 Å². The summed E-state index contributed by atoms with van der Waals surface area (Å²) in [6, 6.07) is 5.82. The Hall–Kier alpha value is -2.32. The first-order valence-electron chi connectivity index (χ1n) is 4.16. The normalized spacial score (nSPS) is 10.4. The van der Waals surface area contributed by atoms with Gasteiger partial charge >= 0.3 is 5.96 Å². The van der Waals surface area contributed by atoms with Gasteiger partial charge in [0.2, 0.25) is 0 Å². The minimum Gasteiger partial charge on any atom is -0.733 e. The first kappa shape index (κ1) is 11.8. The average Bonchev–Trinajstić information content (AvgIpc) is 2.26. The van der Waals surface area contributed by atoms with Crippen molar-refractivity contribution in [2.45, 2.75) is 0 Å². The van der Waals surface area contributed by atoms with E-state index in [0.717, 1.165) is 6.21 Å². The van der Waals surface area contributed by atoms with Crippen molar-refractivity contribution in [3.05, 3.63) is 40.2 Å². The average molecular weight is 224 g/mol. The molecule has 0 amide bonds. The fourth-order valence-corrected chi connectivity index (χ4v) is 0.910. The molecule has 1 aromatic carbocycles. The maximum atomic E-state index is 10.8. The van der Waals surface area contributed by atoms with Gasteiger partial charge in [-0.3, -0.25) is 16.7 Å². The molecule has 0 aliphatic carbocycles. The lowest BCUT2D eigenvalue weighted by Crippen LogP contribution is -2.30. The largest absolute Gasteiger partial charge is 0.733 e. The summed E-state index contributed by atoms with van der Waals surface area (Å²) in [6.45, 7) is 0. The third-order valence-corrected chi connectivity index (χ3v) is 1.62. The Balaban J connectivity index is 2.90. The van der Waals surface area contributed by atoms with Crippen LogP contribution in [0.5, 0.6) is 0 Å². The predicted molar refractivity (Wildman–Crippen MR) is 58.7 cm³/mol. The van der Waals surface area contributed by atoms with Crippen molar-refractivity contribution >= 4 is 17.9 Å². The van der Waals surface area contributed by atoms with E-state index in [1.165, 1.54) is 18.2 Å². The van der Waals surface area contributed by atoms with E-state index in [4.69, 9.17) is 16.7 Å². The predicted octanol–water partition coefficient (Wildman–Crippen LogP) is -0.502. The van der Waals surface area contributed by atoms with Crippen LogP contribution in [0, 0.1) is 10.4 Å². The Labute approximate surface area is 90.8 Å². The van der Waals surface area contributed by atoms with Gasteiger partial charge in [0.25, 0.3) is 0 Å². The molecule has 1 aromatic rings. The number of rotatable bonds is 3. The highest BCUT2D eigenvalue weighted by Gasteiger charge is 1.94. The second kappa shape index (κ2) is 4.96. The van der Waals surface area contributed by atoms with E-state index in [9.17, 15) is 10.4 Å². The summed E-state index contributed by atoms with van der Waals surface area (Å²) in [7, 11) is 0. The van der Waals surface area contributed by atoms with Crippen LogP contribution in [0.4, 0.5) is 5.69 Å². The van der Waals surface area contributed by atoms with Gasteiger partial charge in [0, 0.05) is 0 Å². The molecule has 1 rings (SSSR count). The van der Waals surface area contributed by atoms with Crippen LogP contribution in [-0.4, -0.2) is 22.2 Å². The fourth-order valence-electron chi connectivity index (χ4n) is 0.910. The van der Waals surface area contributed by atoms with Crippen molar-refractivity contribution in [3.8, 4) is 0 Å². The third-order valence-electron chi connectivity index (χ3n) is 1.62. The Bertz CT molecular complexity index is 425. The molecule has 0 unspecified atom stereocenters. The first-order chi connectivity index (χ1) is 7.50. The van der Waals surface area contributed by atoms with Crippen molar-refractivity contribution in [1.82, 2.24) is 0 Å². The van der Waals surface area contributed by atoms with Gasteiger partial charge in [-0.25, -0.2) is 0 Å². The molecular weight excluding hydrogens is 214 g/mol. The number of guanidine groups is 1. The molecule has 8 heteroatoms. The van der Waals surface area contributed by atoms with Gasteiger partial charge in [0.15, 0.2) is 0 Å². The maximum absolute atomic E-state index is 10.8. The highest BCUT2D eigenvalue weighted by Crippen LogP contribution is 2.12. The molecule has 16 heavy (non-hydrogen) atoms. The Morgan fingerprint density at radius 3 is 2.75 bits per heavy atom. The van der Waals surface area contributed by atoms with Crippen LogP contribution in [-0.2, 0) is 0 Å². The number of anilines is 1. The number of hydrogen-bond acceptors (Lipinski definition) is 5. The summed E-state index contributed by atoms with van der Waals surface area (Å²) in [5.74, 6) is -0.500. The van der Waals surface area contributed by atoms with E-state index in [2.05, 4.69) is 5.10 Å². The molecule has 0 saturated carbocycles. The van der Waals surface area contributed by atoms with Crippen LogP contribution in [0.25, 0.3) is 0 Å². The zero-order valence-corrected chi connectivity index (χ0v) is 8.15. The third kappa shape index (κ3) is 3.12. The molecule has 0 aromatic heterocycles. The smallest absolute Gasteiger partial charge is 0.366 e. The summed E-state index contributed by atoms with van der Waals surface area (Å²) < 4.78 is 0. The van der Waals surface area contributed by atoms with Crippen LogP contribution in [0.15, 0.2) is 29.4 Å². The van der Waals surface area contributed by atoms with E-state index in [-0.39, 0.29) is 15.8 Å². The van der Waals surface area contributed by atoms with Crippen LogP contribution < -0.4 is 16.7 Å². The quantitative estimate of drug-likeness (QED) is 0.208. The monoisotopic (exact) mass is 224 g/mol. The topological polar surface area (TPSA) is 137 Å². The second-order valence-corrected chi connectivity index (χ2v) is 2.81.